The number of hydrogen-bond donors (Lipinski definition) is 2. The van der Waals surface area contributed by atoms with Crippen LogP contribution in [-0.4, -0.2) is 23.6 Å². The highest BCUT2D eigenvalue weighted by Gasteiger charge is 2.19. The molecule has 0 spiro atoms. The number of methoxy groups -OCH3 is 1. The molecule has 0 saturated heterocycles. The van der Waals surface area contributed by atoms with Crippen molar-refractivity contribution in [2.45, 2.75) is 39.0 Å². The zero-order valence-electron chi connectivity index (χ0n) is 11.9. The van der Waals surface area contributed by atoms with Gasteiger partial charge in [0.15, 0.2) is 0 Å². The van der Waals surface area contributed by atoms with Crippen molar-refractivity contribution in [3.8, 4) is 5.88 Å². The van der Waals surface area contributed by atoms with Gasteiger partial charge in [0.1, 0.15) is 5.82 Å². The summed E-state index contributed by atoms with van der Waals surface area (Å²) < 4.78 is 5.08. The molecule has 0 atom stereocenters. The van der Waals surface area contributed by atoms with Crippen LogP contribution in [0.4, 0.5) is 11.8 Å². The molecule has 1 fully saturated rings. The fraction of sp³-hybridized carbons (Fsp3) is 0.714. The van der Waals surface area contributed by atoms with E-state index in [1.807, 2.05) is 0 Å². The van der Waals surface area contributed by atoms with Crippen molar-refractivity contribution in [3.63, 3.8) is 0 Å². The second-order valence-corrected chi connectivity index (χ2v) is 5.33. The number of aromatic nitrogens is 2. The molecule has 0 aromatic carbocycles. The van der Waals surface area contributed by atoms with E-state index in [9.17, 15) is 0 Å². The first-order valence-electron chi connectivity index (χ1n) is 7.13. The second-order valence-electron chi connectivity index (χ2n) is 5.33. The molecule has 0 aliphatic heterocycles. The number of nitrogens with zero attached hydrogens (tertiary/aromatic N) is 2. The van der Waals surface area contributed by atoms with E-state index < -0.39 is 0 Å². The first-order valence-corrected chi connectivity index (χ1v) is 7.13. The average molecular weight is 264 g/mol. The Bertz CT molecular complexity index is 402. The Balaban J connectivity index is 1.84. The van der Waals surface area contributed by atoms with E-state index >= 15 is 0 Å². The summed E-state index contributed by atoms with van der Waals surface area (Å²) >= 11 is 0. The van der Waals surface area contributed by atoms with Crippen molar-refractivity contribution in [1.29, 1.82) is 0 Å². The van der Waals surface area contributed by atoms with Gasteiger partial charge in [-0.05, 0) is 24.7 Å². The van der Waals surface area contributed by atoms with Gasteiger partial charge in [-0.2, -0.15) is 9.97 Å². The van der Waals surface area contributed by atoms with Gasteiger partial charge in [-0.15, -0.1) is 0 Å². The molecule has 0 radical (unpaired) electrons. The highest BCUT2D eigenvalue weighted by Crippen LogP contribution is 2.30. The standard InChI is InChI=1S/C14H24N4O/c1-3-10-4-6-11(7-5-10)9-16-12-8-13(19-2)18-14(15)17-12/h8,10-11H,3-7,9H2,1-2H3,(H3,15,16,17,18). The minimum atomic E-state index is 0.247. The van der Waals surface area contributed by atoms with Crippen LogP contribution in [0.1, 0.15) is 39.0 Å². The molecule has 19 heavy (non-hydrogen) atoms. The fourth-order valence-electron chi connectivity index (χ4n) is 2.73. The molecule has 5 nitrogen and oxygen atoms in total. The monoisotopic (exact) mass is 264 g/mol. The molecule has 1 aliphatic rings. The third-order valence-electron chi connectivity index (χ3n) is 4.04. The number of nitrogens with one attached hydrogen (secondary N) is 1. The molecule has 106 valence electrons. The van der Waals surface area contributed by atoms with Crippen LogP contribution in [0.2, 0.25) is 0 Å². The van der Waals surface area contributed by atoms with Crippen molar-refractivity contribution in [1.82, 2.24) is 9.97 Å². The van der Waals surface area contributed by atoms with E-state index in [1.165, 1.54) is 32.1 Å². The first-order chi connectivity index (χ1) is 9.21. The van der Waals surface area contributed by atoms with E-state index in [2.05, 4.69) is 22.2 Å². The number of hydrogen-bond acceptors (Lipinski definition) is 5. The van der Waals surface area contributed by atoms with Crippen molar-refractivity contribution < 1.29 is 4.74 Å². The molecular formula is C14H24N4O. The molecule has 0 unspecified atom stereocenters. The molecule has 1 aromatic heterocycles. The van der Waals surface area contributed by atoms with Gasteiger partial charge in [0.05, 0.1) is 7.11 Å². The smallest absolute Gasteiger partial charge is 0.225 e. The zero-order valence-corrected chi connectivity index (χ0v) is 11.9. The van der Waals surface area contributed by atoms with Gasteiger partial charge in [-0.1, -0.05) is 26.2 Å². The maximum absolute atomic E-state index is 5.64. The normalized spacial score (nSPS) is 23.1. The minimum Gasteiger partial charge on any atom is -0.481 e. The predicted octanol–water partition coefficient (Wildman–Crippen LogP) is 2.70. The van der Waals surface area contributed by atoms with Crippen LogP contribution in [0.25, 0.3) is 0 Å². The van der Waals surface area contributed by atoms with Gasteiger partial charge in [0, 0.05) is 12.6 Å². The maximum atomic E-state index is 5.64. The third-order valence-corrected chi connectivity index (χ3v) is 4.04. The van der Waals surface area contributed by atoms with Gasteiger partial charge in [0.2, 0.25) is 11.8 Å². The first kappa shape index (κ1) is 13.9. The molecule has 0 bridgehead atoms. The average Bonchev–Trinajstić information content (AvgIpc) is 2.45. The third kappa shape index (κ3) is 3.98. The summed E-state index contributed by atoms with van der Waals surface area (Å²) in [4.78, 5) is 8.15. The Morgan fingerprint density at radius 3 is 2.58 bits per heavy atom. The minimum absolute atomic E-state index is 0.247. The molecule has 1 aliphatic carbocycles. The highest BCUT2D eigenvalue weighted by atomic mass is 16.5. The van der Waals surface area contributed by atoms with E-state index in [1.54, 1.807) is 13.2 Å². The van der Waals surface area contributed by atoms with Gasteiger partial charge >= 0.3 is 0 Å². The molecule has 1 saturated carbocycles. The summed E-state index contributed by atoms with van der Waals surface area (Å²) in [5.74, 6) is 3.18. The lowest BCUT2D eigenvalue weighted by molar-refractivity contribution is 0.278. The van der Waals surface area contributed by atoms with Gasteiger partial charge in [-0.25, -0.2) is 0 Å². The number of anilines is 2. The largest absolute Gasteiger partial charge is 0.481 e. The van der Waals surface area contributed by atoms with E-state index in [0.29, 0.717) is 5.88 Å². The van der Waals surface area contributed by atoms with Crippen LogP contribution in [-0.2, 0) is 0 Å². The topological polar surface area (TPSA) is 73.1 Å². The number of rotatable bonds is 5. The summed E-state index contributed by atoms with van der Waals surface area (Å²) in [6.07, 6.45) is 6.66. The van der Waals surface area contributed by atoms with E-state index in [0.717, 1.165) is 24.2 Å². The van der Waals surface area contributed by atoms with Crippen LogP contribution in [0.3, 0.4) is 0 Å². The summed E-state index contributed by atoms with van der Waals surface area (Å²) in [6.45, 7) is 3.25. The highest BCUT2D eigenvalue weighted by molar-refractivity contribution is 5.42. The Labute approximate surface area is 115 Å². The van der Waals surface area contributed by atoms with Crippen LogP contribution in [0.5, 0.6) is 5.88 Å². The van der Waals surface area contributed by atoms with E-state index in [4.69, 9.17) is 10.5 Å². The Morgan fingerprint density at radius 1 is 1.26 bits per heavy atom. The summed E-state index contributed by atoms with van der Waals surface area (Å²) in [6, 6.07) is 1.79. The van der Waals surface area contributed by atoms with Crippen LogP contribution < -0.4 is 15.8 Å². The number of nitrogen functional groups attached to an aromatic ring is 1. The molecular weight excluding hydrogens is 240 g/mol. The van der Waals surface area contributed by atoms with Crippen molar-refractivity contribution in [2.24, 2.45) is 11.8 Å². The molecule has 5 heteroatoms. The van der Waals surface area contributed by atoms with Crippen LogP contribution in [0, 0.1) is 11.8 Å². The number of nitrogens with two attached hydrogens (primary N) is 1. The quantitative estimate of drug-likeness (QED) is 0.855. The number of ether oxygens (including phenoxy) is 1. The molecule has 0 amide bonds. The lowest BCUT2D eigenvalue weighted by atomic mass is 9.81. The maximum Gasteiger partial charge on any atom is 0.225 e. The van der Waals surface area contributed by atoms with Gasteiger partial charge < -0.3 is 15.8 Å². The van der Waals surface area contributed by atoms with Crippen LogP contribution >= 0.6 is 0 Å². The second kappa shape index (κ2) is 6.59. The molecule has 1 heterocycles. The van der Waals surface area contributed by atoms with Crippen molar-refractivity contribution in [2.75, 3.05) is 24.7 Å². The molecule has 3 N–H and O–H groups in total. The van der Waals surface area contributed by atoms with E-state index in [-0.39, 0.29) is 5.95 Å². The lowest BCUT2D eigenvalue weighted by Crippen LogP contribution is -2.21. The van der Waals surface area contributed by atoms with Gasteiger partial charge in [-0.3, -0.25) is 0 Å². The SMILES string of the molecule is CCC1CCC(CNc2cc(OC)nc(N)n2)CC1. The van der Waals surface area contributed by atoms with Crippen molar-refractivity contribution in [3.05, 3.63) is 6.07 Å². The summed E-state index contributed by atoms with van der Waals surface area (Å²) in [5, 5.41) is 3.35. The summed E-state index contributed by atoms with van der Waals surface area (Å²) in [7, 11) is 1.58. The molecule has 1 aromatic rings. The molecule has 2 rings (SSSR count). The van der Waals surface area contributed by atoms with Crippen LogP contribution in [0.15, 0.2) is 6.07 Å². The Kier molecular flexibility index (Phi) is 4.82. The fourth-order valence-corrected chi connectivity index (χ4v) is 2.73. The van der Waals surface area contributed by atoms with Crippen molar-refractivity contribution >= 4 is 11.8 Å². The Hall–Kier alpha value is -1.52. The van der Waals surface area contributed by atoms with Gasteiger partial charge in [0.25, 0.3) is 0 Å². The zero-order chi connectivity index (χ0) is 13.7. The summed E-state index contributed by atoms with van der Waals surface area (Å²) in [5.41, 5.74) is 5.64. The lowest BCUT2D eigenvalue weighted by Gasteiger charge is -2.28. The Morgan fingerprint density at radius 2 is 1.95 bits per heavy atom. The predicted molar refractivity (Wildman–Crippen MR) is 77.2 cm³/mol.